The number of carbonyl (C=O) groups excluding carboxylic acids is 2. The summed E-state index contributed by atoms with van der Waals surface area (Å²) in [5, 5.41) is 10.0. The zero-order chi connectivity index (χ0) is 34.5. The van der Waals surface area contributed by atoms with Crippen LogP contribution in [0.5, 0.6) is 0 Å². The summed E-state index contributed by atoms with van der Waals surface area (Å²) in [5.74, 6) is 0.236. The number of imide groups is 1. The van der Waals surface area contributed by atoms with E-state index in [4.69, 9.17) is 14.9 Å². The number of hydrogen-bond acceptors (Lipinski definition) is 9. The Bertz CT molecular complexity index is 2350. The van der Waals surface area contributed by atoms with E-state index in [9.17, 15) is 14.4 Å². The summed E-state index contributed by atoms with van der Waals surface area (Å²) in [6.45, 7) is 0.297. The Hall–Kier alpha value is -6.04. The average Bonchev–Trinajstić information content (AvgIpc) is 3.80. The minimum atomic E-state index is -0.483. The fourth-order valence-corrected chi connectivity index (χ4v) is 8.65. The second kappa shape index (κ2) is 12.7. The van der Waals surface area contributed by atoms with E-state index in [0.29, 0.717) is 33.7 Å². The maximum absolute atomic E-state index is 14.7. The summed E-state index contributed by atoms with van der Waals surface area (Å²) in [4.78, 5) is 51.7. The molecule has 0 radical (unpaired) electrons. The molecule has 5 aromatic carbocycles. The van der Waals surface area contributed by atoms with E-state index in [0.717, 1.165) is 21.8 Å². The van der Waals surface area contributed by atoms with Gasteiger partial charge in [-0.15, -0.1) is 16.8 Å². The number of amidine groups is 1. The Morgan fingerprint density at radius 2 is 1.25 bits per heavy atom. The van der Waals surface area contributed by atoms with Crippen LogP contribution in [0.4, 0.5) is 0 Å². The van der Waals surface area contributed by atoms with Crippen molar-refractivity contribution >= 4 is 40.3 Å². The maximum Gasteiger partial charge on any atom is 0.285 e. The molecule has 2 amide bonds. The van der Waals surface area contributed by atoms with Gasteiger partial charge in [-0.1, -0.05) is 115 Å². The van der Waals surface area contributed by atoms with Crippen LogP contribution in [0.2, 0.25) is 0 Å². The quantitative estimate of drug-likeness (QED) is 0.169. The highest BCUT2D eigenvalue weighted by atomic mass is 32.2. The minimum absolute atomic E-state index is 0.0256. The van der Waals surface area contributed by atoms with Gasteiger partial charge in [-0.3, -0.25) is 24.2 Å². The lowest BCUT2D eigenvalue weighted by Crippen LogP contribution is -2.47. The summed E-state index contributed by atoms with van der Waals surface area (Å²) >= 11 is 1.72. The van der Waals surface area contributed by atoms with Crippen molar-refractivity contribution in [3.63, 3.8) is 0 Å². The van der Waals surface area contributed by atoms with Gasteiger partial charge in [-0.2, -0.15) is 9.78 Å². The molecule has 3 aliphatic rings. The minimum Gasteiger partial charge on any atom is -0.284 e. The number of thioether (sulfide) groups is 1. The summed E-state index contributed by atoms with van der Waals surface area (Å²) in [6.07, 6.45) is 0. The van der Waals surface area contributed by atoms with Crippen LogP contribution in [0.1, 0.15) is 43.3 Å². The van der Waals surface area contributed by atoms with Crippen LogP contribution in [-0.2, 0) is 4.84 Å². The number of amides is 2. The van der Waals surface area contributed by atoms with Crippen molar-refractivity contribution in [2.24, 2.45) is 5.10 Å². The number of para-hydroxylation sites is 1. The molecule has 0 bridgehead atoms. The molecule has 1 saturated heterocycles. The molecule has 3 atom stereocenters. The largest absolute Gasteiger partial charge is 0.285 e. The Morgan fingerprint density at radius 1 is 0.667 bits per heavy atom. The fraction of sp³-hybridized carbons (Fsp3) is 0.125. The van der Waals surface area contributed by atoms with E-state index >= 15 is 0 Å². The van der Waals surface area contributed by atoms with Crippen molar-refractivity contribution in [1.82, 2.24) is 19.7 Å². The van der Waals surface area contributed by atoms with Gasteiger partial charge in [0, 0.05) is 5.56 Å². The van der Waals surface area contributed by atoms with Gasteiger partial charge < -0.3 is 0 Å². The molecule has 4 heterocycles. The summed E-state index contributed by atoms with van der Waals surface area (Å²) in [5.41, 5.74) is 3.91. The molecule has 11 heteroatoms. The topological polar surface area (TPSA) is 100 Å². The molecule has 1 fully saturated rings. The fourth-order valence-electron chi connectivity index (χ4n) is 7.01. The molecule has 51 heavy (non-hydrogen) atoms. The number of hydroxylamine groups is 2. The van der Waals surface area contributed by atoms with Crippen LogP contribution in [0.15, 0.2) is 149 Å². The van der Waals surface area contributed by atoms with Crippen LogP contribution in [0.25, 0.3) is 22.3 Å². The first-order valence-corrected chi connectivity index (χ1v) is 17.6. The number of benzene rings is 5. The zero-order valence-corrected chi connectivity index (χ0v) is 28.0. The molecule has 0 N–H and O–H groups in total. The molecule has 250 valence electrons. The van der Waals surface area contributed by atoms with Crippen LogP contribution in [-0.4, -0.2) is 55.8 Å². The summed E-state index contributed by atoms with van der Waals surface area (Å²) < 4.78 is 1.68. The molecule has 3 unspecified atom stereocenters. The van der Waals surface area contributed by atoms with E-state index < -0.39 is 11.8 Å². The summed E-state index contributed by atoms with van der Waals surface area (Å²) in [7, 11) is 0. The van der Waals surface area contributed by atoms with Crippen molar-refractivity contribution in [3.8, 4) is 11.4 Å². The number of rotatable bonds is 8. The van der Waals surface area contributed by atoms with Gasteiger partial charge in [0.1, 0.15) is 5.37 Å². The normalized spacial score (nSPS) is 19.5. The Kier molecular flexibility index (Phi) is 7.71. The maximum atomic E-state index is 14.7. The zero-order valence-electron chi connectivity index (χ0n) is 27.1. The third kappa shape index (κ3) is 5.20. The molecule has 0 spiro atoms. The number of aromatic nitrogens is 2. The van der Waals surface area contributed by atoms with E-state index in [1.54, 1.807) is 46.8 Å². The number of hydrazone groups is 1. The van der Waals surface area contributed by atoms with E-state index in [1.807, 2.05) is 94.9 Å². The van der Waals surface area contributed by atoms with E-state index in [-0.39, 0.29) is 35.4 Å². The van der Waals surface area contributed by atoms with Crippen LogP contribution in [0, 0.1) is 0 Å². The highest BCUT2D eigenvalue weighted by Crippen LogP contribution is 2.51. The van der Waals surface area contributed by atoms with Gasteiger partial charge in [-0.25, -0.2) is 9.99 Å². The van der Waals surface area contributed by atoms with E-state index in [1.165, 1.54) is 0 Å². The molecule has 1 aromatic heterocycles. The predicted molar refractivity (Wildman–Crippen MR) is 196 cm³/mol. The smallest absolute Gasteiger partial charge is 0.284 e. The van der Waals surface area contributed by atoms with Gasteiger partial charge in [0.15, 0.2) is 11.7 Å². The second-order valence-corrected chi connectivity index (χ2v) is 13.6. The highest BCUT2D eigenvalue weighted by Gasteiger charge is 2.51. The molecule has 3 aliphatic heterocycles. The Morgan fingerprint density at radius 3 is 1.94 bits per heavy atom. The SMILES string of the molecule is O=C1c2ccccc2C(=O)N1OCCN1N=C2C(SC(c3ccccc3)N2n2c(-c3ccccc3)nc3ccccc3c2=O)C1c1ccccc1. The second-order valence-electron chi connectivity index (χ2n) is 12.4. The molecule has 0 aliphatic carbocycles. The molecule has 6 aromatic rings. The van der Waals surface area contributed by atoms with Crippen molar-refractivity contribution in [2.45, 2.75) is 16.7 Å². The Labute approximate surface area is 297 Å². The monoisotopic (exact) mass is 690 g/mol. The van der Waals surface area contributed by atoms with Gasteiger partial charge in [0.2, 0.25) is 0 Å². The van der Waals surface area contributed by atoms with Gasteiger partial charge in [0.05, 0.1) is 46.5 Å². The van der Waals surface area contributed by atoms with Crippen LogP contribution < -0.4 is 10.6 Å². The van der Waals surface area contributed by atoms with Crippen molar-refractivity contribution in [1.29, 1.82) is 0 Å². The molecular formula is C40H30N6O4S. The molecule has 0 saturated carbocycles. The highest BCUT2D eigenvalue weighted by molar-refractivity contribution is 8.01. The third-order valence-electron chi connectivity index (χ3n) is 9.35. The first kappa shape index (κ1) is 31.0. The van der Waals surface area contributed by atoms with Gasteiger partial charge in [-0.05, 0) is 35.4 Å². The first-order valence-electron chi connectivity index (χ1n) is 16.7. The number of fused-ring (bicyclic) bond motifs is 3. The Balaban J connectivity index is 1.15. The average molecular weight is 691 g/mol. The third-order valence-corrected chi connectivity index (χ3v) is 10.8. The molecule has 9 rings (SSSR count). The van der Waals surface area contributed by atoms with Crippen molar-refractivity contribution in [2.75, 3.05) is 18.2 Å². The number of carbonyl (C=O) groups is 2. The van der Waals surface area contributed by atoms with Crippen molar-refractivity contribution in [3.05, 3.63) is 172 Å². The van der Waals surface area contributed by atoms with Crippen LogP contribution >= 0.6 is 11.8 Å². The number of nitrogens with zero attached hydrogens (tertiary/aromatic N) is 6. The van der Waals surface area contributed by atoms with E-state index in [2.05, 4.69) is 24.3 Å². The molecular weight excluding hydrogens is 661 g/mol. The lowest BCUT2D eigenvalue weighted by atomic mass is 10.0. The molecule has 10 nitrogen and oxygen atoms in total. The standard InChI is InChI=1S/C40H30N6O4S/c47-37-31-22-12-13-23-32(31)41-35(27-16-6-2-7-17-27)44(37)45-36-34(51-40(45)28-18-8-3-9-19-28)33(26-14-4-1-5-15-26)43(42-36)24-25-50-46-38(48)29-20-10-11-21-30(29)39(46)49/h1-23,33-34,40H,24-25H2. The van der Waals surface area contributed by atoms with Crippen molar-refractivity contribution < 1.29 is 14.4 Å². The van der Waals surface area contributed by atoms with Gasteiger partial charge >= 0.3 is 0 Å². The van der Waals surface area contributed by atoms with Gasteiger partial charge in [0.25, 0.3) is 17.4 Å². The lowest BCUT2D eigenvalue weighted by molar-refractivity contribution is -0.0968. The van der Waals surface area contributed by atoms with Crippen LogP contribution in [0.3, 0.4) is 0 Å². The number of hydrogen-bond donors (Lipinski definition) is 0. The first-order chi connectivity index (χ1) is 25.1. The lowest BCUT2D eigenvalue weighted by Gasteiger charge is -2.30. The summed E-state index contributed by atoms with van der Waals surface area (Å²) in [6, 6.07) is 43.8. The predicted octanol–water partition coefficient (Wildman–Crippen LogP) is 6.41.